The summed E-state index contributed by atoms with van der Waals surface area (Å²) >= 11 is 5.87. The lowest BCUT2D eigenvalue weighted by molar-refractivity contribution is 0.0879. The molecule has 0 saturated heterocycles. The minimum absolute atomic E-state index is 0.659. The second-order valence-corrected chi connectivity index (χ2v) is 4.96. The summed E-state index contributed by atoms with van der Waals surface area (Å²) in [6, 6.07) is 7.21. The first-order valence-corrected chi connectivity index (χ1v) is 6.43. The van der Waals surface area contributed by atoms with Crippen molar-refractivity contribution in [1.29, 1.82) is 0 Å². The Morgan fingerprint density at radius 1 is 1.33 bits per heavy atom. The van der Waals surface area contributed by atoms with Crippen LogP contribution >= 0.6 is 11.6 Å². The number of aromatic nitrogens is 2. The predicted octanol–water partition coefficient (Wildman–Crippen LogP) is 3.20. The number of imidazole rings is 1. The van der Waals surface area contributed by atoms with Gasteiger partial charge in [-0.1, -0.05) is 30.7 Å². The monoisotopic (exact) mass is 264 g/mol. The van der Waals surface area contributed by atoms with Gasteiger partial charge in [0.1, 0.15) is 11.4 Å². The highest BCUT2D eigenvalue weighted by molar-refractivity contribution is 6.30. The minimum atomic E-state index is -1.11. The summed E-state index contributed by atoms with van der Waals surface area (Å²) in [7, 11) is 0. The Morgan fingerprint density at radius 3 is 2.61 bits per heavy atom. The van der Waals surface area contributed by atoms with Crippen LogP contribution in [0.3, 0.4) is 0 Å². The van der Waals surface area contributed by atoms with Gasteiger partial charge in [-0.05, 0) is 31.0 Å². The zero-order chi connectivity index (χ0) is 13.2. The molecule has 0 saturated carbocycles. The van der Waals surface area contributed by atoms with Crippen LogP contribution in [0.15, 0.2) is 36.7 Å². The van der Waals surface area contributed by atoms with Gasteiger partial charge in [-0.2, -0.15) is 0 Å². The van der Waals surface area contributed by atoms with Gasteiger partial charge in [-0.25, -0.2) is 4.98 Å². The maximum Gasteiger partial charge on any atom is 0.145 e. The lowest BCUT2D eigenvalue weighted by Crippen LogP contribution is -2.27. The summed E-state index contributed by atoms with van der Waals surface area (Å²) in [5.74, 6) is 0.659. The van der Waals surface area contributed by atoms with Crippen LogP contribution in [0.25, 0.3) is 0 Å². The topological polar surface area (TPSA) is 38.0 Å². The third kappa shape index (κ3) is 2.42. The molecule has 4 heteroatoms. The maximum atomic E-state index is 10.7. The van der Waals surface area contributed by atoms with Crippen LogP contribution < -0.4 is 0 Å². The molecule has 0 aliphatic carbocycles. The number of nitrogens with zero attached hydrogens (tertiary/aromatic N) is 2. The average molecular weight is 265 g/mol. The first-order valence-electron chi connectivity index (χ1n) is 6.05. The maximum absolute atomic E-state index is 10.7. The van der Waals surface area contributed by atoms with E-state index in [2.05, 4.69) is 11.9 Å². The molecule has 0 aliphatic rings. The molecular formula is C14H17ClN2O. The van der Waals surface area contributed by atoms with Crippen LogP contribution in [0, 0.1) is 0 Å². The van der Waals surface area contributed by atoms with E-state index in [0.29, 0.717) is 10.8 Å². The van der Waals surface area contributed by atoms with Crippen molar-refractivity contribution in [3.63, 3.8) is 0 Å². The van der Waals surface area contributed by atoms with Gasteiger partial charge in [-0.3, -0.25) is 0 Å². The molecule has 0 aliphatic heterocycles. The van der Waals surface area contributed by atoms with E-state index in [-0.39, 0.29) is 0 Å². The Labute approximate surface area is 112 Å². The van der Waals surface area contributed by atoms with Crippen molar-refractivity contribution in [2.24, 2.45) is 0 Å². The summed E-state index contributed by atoms with van der Waals surface area (Å²) in [5.41, 5.74) is -0.320. The highest BCUT2D eigenvalue weighted by Crippen LogP contribution is 2.28. The minimum Gasteiger partial charge on any atom is -0.377 e. The van der Waals surface area contributed by atoms with E-state index in [0.717, 1.165) is 18.5 Å². The number of hydrogen-bond acceptors (Lipinski definition) is 2. The van der Waals surface area contributed by atoms with Crippen LogP contribution in [0.5, 0.6) is 0 Å². The van der Waals surface area contributed by atoms with E-state index < -0.39 is 5.60 Å². The van der Waals surface area contributed by atoms with E-state index in [9.17, 15) is 5.11 Å². The zero-order valence-corrected chi connectivity index (χ0v) is 11.4. The fourth-order valence-corrected chi connectivity index (χ4v) is 2.19. The summed E-state index contributed by atoms with van der Waals surface area (Å²) in [6.45, 7) is 4.70. The molecule has 1 aromatic heterocycles. The summed E-state index contributed by atoms with van der Waals surface area (Å²) in [4.78, 5) is 4.29. The highest BCUT2D eigenvalue weighted by atomic mass is 35.5. The number of aliphatic hydroxyl groups is 1. The van der Waals surface area contributed by atoms with Crippen molar-refractivity contribution in [3.05, 3.63) is 53.1 Å². The number of halogens is 1. The molecule has 1 heterocycles. The molecule has 18 heavy (non-hydrogen) atoms. The number of benzene rings is 1. The van der Waals surface area contributed by atoms with Crippen LogP contribution in [0.1, 0.15) is 31.7 Å². The molecule has 1 unspecified atom stereocenters. The lowest BCUT2D eigenvalue weighted by atomic mass is 9.95. The van der Waals surface area contributed by atoms with Crippen LogP contribution in [-0.2, 0) is 12.1 Å². The molecule has 0 bridgehead atoms. The van der Waals surface area contributed by atoms with Crippen molar-refractivity contribution in [2.75, 3.05) is 0 Å². The van der Waals surface area contributed by atoms with Crippen molar-refractivity contribution in [2.45, 2.75) is 32.4 Å². The summed E-state index contributed by atoms with van der Waals surface area (Å²) in [6.07, 6.45) is 4.61. The van der Waals surface area contributed by atoms with Gasteiger partial charge in [-0.15, -0.1) is 0 Å². The van der Waals surface area contributed by atoms with Gasteiger partial charge in [0.15, 0.2) is 0 Å². The Bertz CT molecular complexity index is 517. The molecular weight excluding hydrogens is 248 g/mol. The molecule has 2 rings (SSSR count). The third-order valence-electron chi connectivity index (χ3n) is 3.02. The standard InChI is InChI=1S/C14H17ClN2O/c1-3-9-17-10-8-16-13(17)14(2,18)11-4-6-12(15)7-5-11/h4-8,10,18H,3,9H2,1-2H3. The molecule has 96 valence electrons. The molecule has 0 fully saturated rings. The quantitative estimate of drug-likeness (QED) is 0.921. The van der Waals surface area contributed by atoms with Gasteiger partial charge in [0.2, 0.25) is 0 Å². The largest absolute Gasteiger partial charge is 0.377 e. The summed E-state index contributed by atoms with van der Waals surface area (Å²) in [5, 5.41) is 11.4. The van der Waals surface area contributed by atoms with E-state index in [1.54, 1.807) is 25.3 Å². The average Bonchev–Trinajstić information content (AvgIpc) is 2.79. The Kier molecular flexibility index (Phi) is 3.73. The molecule has 0 radical (unpaired) electrons. The molecule has 0 spiro atoms. The second-order valence-electron chi connectivity index (χ2n) is 4.52. The van der Waals surface area contributed by atoms with E-state index in [1.807, 2.05) is 22.9 Å². The molecule has 2 aromatic rings. The normalized spacial score (nSPS) is 14.4. The van der Waals surface area contributed by atoms with Crippen LogP contribution in [0.2, 0.25) is 5.02 Å². The molecule has 0 amide bonds. The van der Waals surface area contributed by atoms with Crippen LogP contribution in [-0.4, -0.2) is 14.7 Å². The van der Waals surface area contributed by atoms with Gasteiger partial charge in [0, 0.05) is 24.0 Å². The summed E-state index contributed by atoms with van der Waals surface area (Å²) < 4.78 is 1.98. The lowest BCUT2D eigenvalue weighted by Gasteiger charge is -2.24. The SMILES string of the molecule is CCCn1ccnc1C(C)(O)c1ccc(Cl)cc1. The predicted molar refractivity (Wildman–Crippen MR) is 72.6 cm³/mol. The number of aryl methyl sites for hydroxylation is 1. The Balaban J connectivity index is 2.40. The first kappa shape index (κ1) is 13.1. The smallest absolute Gasteiger partial charge is 0.145 e. The van der Waals surface area contributed by atoms with Crippen molar-refractivity contribution in [3.8, 4) is 0 Å². The molecule has 3 nitrogen and oxygen atoms in total. The van der Waals surface area contributed by atoms with Crippen molar-refractivity contribution < 1.29 is 5.11 Å². The third-order valence-corrected chi connectivity index (χ3v) is 3.27. The molecule has 1 aromatic carbocycles. The highest BCUT2D eigenvalue weighted by Gasteiger charge is 2.30. The Hall–Kier alpha value is -1.32. The van der Waals surface area contributed by atoms with Crippen molar-refractivity contribution >= 4 is 11.6 Å². The van der Waals surface area contributed by atoms with Gasteiger partial charge < -0.3 is 9.67 Å². The molecule has 1 atom stereocenters. The second kappa shape index (κ2) is 5.12. The van der Waals surface area contributed by atoms with Crippen molar-refractivity contribution in [1.82, 2.24) is 9.55 Å². The van der Waals surface area contributed by atoms with E-state index in [1.165, 1.54) is 0 Å². The van der Waals surface area contributed by atoms with Crippen LogP contribution in [0.4, 0.5) is 0 Å². The van der Waals surface area contributed by atoms with E-state index in [4.69, 9.17) is 11.6 Å². The Morgan fingerprint density at radius 2 is 2.00 bits per heavy atom. The van der Waals surface area contributed by atoms with E-state index >= 15 is 0 Å². The fourth-order valence-electron chi connectivity index (χ4n) is 2.06. The van der Waals surface area contributed by atoms with Gasteiger partial charge in [0.05, 0.1) is 0 Å². The number of hydrogen-bond donors (Lipinski definition) is 1. The first-order chi connectivity index (χ1) is 8.55. The van der Waals surface area contributed by atoms with Gasteiger partial charge in [0.25, 0.3) is 0 Å². The zero-order valence-electron chi connectivity index (χ0n) is 10.6. The number of rotatable bonds is 4. The fraction of sp³-hybridized carbons (Fsp3) is 0.357. The molecule has 1 N–H and O–H groups in total. The van der Waals surface area contributed by atoms with Gasteiger partial charge >= 0.3 is 0 Å².